The number of pyridine rings is 1. The largest absolute Gasteiger partial charge is 0.433 e. The van der Waals surface area contributed by atoms with Gasteiger partial charge in [0.25, 0.3) is 6.43 Å². The molecule has 0 bridgehead atoms. The number of nitrogens with two attached hydrogens (primary N) is 1. The number of thiol groups is 1. The highest BCUT2D eigenvalue weighted by Crippen LogP contribution is 2.39. The molecule has 3 aromatic rings. The zero-order valence-corrected chi connectivity index (χ0v) is 20.9. The van der Waals surface area contributed by atoms with Gasteiger partial charge in [0.15, 0.2) is 16.6 Å². The van der Waals surface area contributed by atoms with Crippen LogP contribution in [0, 0.1) is 5.41 Å². The Morgan fingerprint density at radius 2 is 1.71 bits per heavy atom. The van der Waals surface area contributed by atoms with Crippen LogP contribution in [-0.4, -0.2) is 43.4 Å². The third kappa shape index (κ3) is 7.45. The van der Waals surface area contributed by atoms with E-state index in [9.17, 15) is 22.0 Å². The molecule has 0 radical (unpaired) electrons. The molecule has 6 nitrogen and oxygen atoms in total. The van der Waals surface area contributed by atoms with Crippen molar-refractivity contribution in [1.82, 2.24) is 14.5 Å². The molecule has 0 aliphatic heterocycles. The lowest BCUT2D eigenvalue weighted by Crippen LogP contribution is -2.26. The highest BCUT2D eigenvalue weighted by Gasteiger charge is 2.35. The molecule has 0 fully saturated rings. The summed E-state index contributed by atoms with van der Waals surface area (Å²) in [6, 6.07) is 6.50. The Kier molecular flexibility index (Phi) is 9.01. The molecule has 35 heavy (non-hydrogen) atoms. The number of fused-ring (bicyclic) bond motifs is 1. The zero-order valence-electron chi connectivity index (χ0n) is 20.0. The Bertz CT molecular complexity index is 1210. The van der Waals surface area contributed by atoms with Gasteiger partial charge in [-0.2, -0.15) is 13.2 Å². The Morgan fingerprint density at radius 1 is 1.11 bits per heavy atom. The van der Waals surface area contributed by atoms with Crippen LogP contribution in [0.3, 0.4) is 0 Å². The summed E-state index contributed by atoms with van der Waals surface area (Å²) >= 11 is 0. The van der Waals surface area contributed by atoms with E-state index in [1.165, 1.54) is 23.1 Å². The van der Waals surface area contributed by atoms with Crippen LogP contribution in [0.1, 0.15) is 38.1 Å². The van der Waals surface area contributed by atoms with Crippen LogP contribution >= 0.6 is 0 Å². The zero-order chi connectivity index (χ0) is 26.7. The van der Waals surface area contributed by atoms with Gasteiger partial charge < -0.3 is 4.57 Å². The smallest absolute Gasteiger partial charge is 0.347 e. The molecular weight excluding hydrogens is 491 g/mol. The minimum atomic E-state index is -4.60. The van der Waals surface area contributed by atoms with E-state index in [2.05, 4.69) is 10.1 Å². The SMILES string of the molecule is CN(C)C(c1cn(CC(C)(C)C)c2cc(-c3cccnc3C(F)(F)F)ccc12)C(F)F.N[SH](=O)=O. The minimum absolute atomic E-state index is 0.0417. The standard InChI is InChI=1S/C23H26F5N3.H3NO2S/c1-22(2,3)13-31-12-17(19(21(24)25)30(4)5)16-9-8-14(11-18(16)31)15-7-6-10-29-20(15)23(26,27)28;1-4(2)3/h6-12,19,21H,13H2,1-5H3;4H,(H2,1,2,3). The van der Waals surface area contributed by atoms with Gasteiger partial charge >= 0.3 is 6.18 Å². The molecule has 0 aliphatic rings. The lowest BCUT2D eigenvalue weighted by atomic mass is 9.96. The van der Waals surface area contributed by atoms with Gasteiger partial charge in [0, 0.05) is 41.0 Å². The average molecular weight is 521 g/mol. The van der Waals surface area contributed by atoms with E-state index in [4.69, 9.17) is 8.42 Å². The average Bonchev–Trinajstić information content (AvgIpc) is 3.02. The van der Waals surface area contributed by atoms with Crippen molar-refractivity contribution in [3.8, 4) is 11.1 Å². The van der Waals surface area contributed by atoms with E-state index in [-0.39, 0.29) is 11.0 Å². The second-order valence-electron chi connectivity index (χ2n) is 9.43. The van der Waals surface area contributed by atoms with E-state index in [0.717, 1.165) is 6.20 Å². The summed E-state index contributed by atoms with van der Waals surface area (Å²) < 4.78 is 87.6. The van der Waals surface area contributed by atoms with Gasteiger partial charge in [-0.25, -0.2) is 22.3 Å². The van der Waals surface area contributed by atoms with Gasteiger partial charge in [0.1, 0.15) is 0 Å². The Balaban J connectivity index is 0.00000100. The predicted molar refractivity (Wildman–Crippen MR) is 127 cm³/mol. The first kappa shape index (κ1) is 28.7. The van der Waals surface area contributed by atoms with Crippen molar-refractivity contribution >= 4 is 21.8 Å². The van der Waals surface area contributed by atoms with Gasteiger partial charge in [0.05, 0.1) is 6.04 Å². The van der Waals surface area contributed by atoms with Crippen LogP contribution in [-0.2, 0) is 23.6 Å². The van der Waals surface area contributed by atoms with Gasteiger partial charge in [-0.15, -0.1) is 0 Å². The van der Waals surface area contributed by atoms with Crippen LogP contribution in [0.5, 0.6) is 0 Å². The van der Waals surface area contributed by atoms with Crippen LogP contribution < -0.4 is 5.14 Å². The molecule has 2 aromatic heterocycles. The lowest BCUT2D eigenvalue weighted by Gasteiger charge is -2.23. The van der Waals surface area contributed by atoms with Crippen molar-refractivity contribution in [3.63, 3.8) is 0 Å². The molecule has 2 N–H and O–H groups in total. The molecule has 3 rings (SSSR count). The molecule has 1 atom stereocenters. The van der Waals surface area contributed by atoms with Crippen LogP contribution in [0.2, 0.25) is 0 Å². The van der Waals surface area contributed by atoms with E-state index in [1.807, 2.05) is 25.3 Å². The maximum Gasteiger partial charge on any atom is 0.433 e. The molecule has 12 heteroatoms. The number of hydrogen-bond donors (Lipinski definition) is 2. The quantitative estimate of drug-likeness (QED) is 0.362. The maximum absolute atomic E-state index is 13.9. The lowest BCUT2D eigenvalue weighted by molar-refractivity contribution is -0.140. The van der Waals surface area contributed by atoms with Crippen LogP contribution in [0.15, 0.2) is 42.7 Å². The molecule has 0 spiro atoms. The van der Waals surface area contributed by atoms with E-state index in [0.29, 0.717) is 28.6 Å². The van der Waals surface area contributed by atoms with Crippen molar-refractivity contribution in [1.29, 1.82) is 0 Å². The number of benzene rings is 1. The Hall–Kier alpha value is -2.57. The third-order valence-electron chi connectivity index (χ3n) is 5.06. The molecule has 194 valence electrons. The summed E-state index contributed by atoms with van der Waals surface area (Å²) in [5, 5.41) is 4.67. The molecular formula is C23H29F5N4O2S. The highest BCUT2D eigenvalue weighted by atomic mass is 32.2. The van der Waals surface area contributed by atoms with Crippen molar-refractivity contribution in [2.75, 3.05) is 14.1 Å². The second kappa shape index (κ2) is 11.0. The highest BCUT2D eigenvalue weighted by molar-refractivity contribution is 7.69. The third-order valence-corrected chi connectivity index (χ3v) is 5.06. The Labute approximate surface area is 202 Å². The molecule has 0 saturated carbocycles. The number of hydrogen-bond acceptors (Lipinski definition) is 4. The monoisotopic (exact) mass is 520 g/mol. The van der Waals surface area contributed by atoms with Crippen LogP contribution in [0.4, 0.5) is 22.0 Å². The fourth-order valence-corrected chi connectivity index (χ4v) is 3.87. The summed E-state index contributed by atoms with van der Waals surface area (Å²) in [4.78, 5) is 4.99. The first-order valence-corrected chi connectivity index (χ1v) is 11.8. The number of nitrogens with zero attached hydrogens (tertiary/aromatic N) is 3. The number of aromatic nitrogens is 2. The summed E-state index contributed by atoms with van der Waals surface area (Å²) in [5.74, 6) is 0. The summed E-state index contributed by atoms with van der Waals surface area (Å²) in [5.41, 5.74) is 0.233. The van der Waals surface area contributed by atoms with Crippen molar-refractivity contribution in [2.24, 2.45) is 10.6 Å². The van der Waals surface area contributed by atoms with Crippen LogP contribution in [0.25, 0.3) is 22.0 Å². The summed E-state index contributed by atoms with van der Waals surface area (Å²) in [6.07, 6.45) is -4.41. The second-order valence-corrected chi connectivity index (χ2v) is 10.0. The van der Waals surface area contributed by atoms with Gasteiger partial charge in [-0.3, -0.25) is 9.88 Å². The first-order chi connectivity index (χ1) is 16.0. The molecule has 1 unspecified atom stereocenters. The van der Waals surface area contributed by atoms with Crippen molar-refractivity contribution in [2.45, 2.75) is 46.0 Å². The summed E-state index contributed by atoms with van der Waals surface area (Å²) in [7, 11) is 0.553. The van der Waals surface area contributed by atoms with E-state index < -0.39 is 35.2 Å². The Morgan fingerprint density at radius 3 is 2.20 bits per heavy atom. The molecule has 0 saturated heterocycles. The van der Waals surface area contributed by atoms with Gasteiger partial charge in [0.2, 0.25) is 0 Å². The van der Waals surface area contributed by atoms with Gasteiger partial charge in [-0.1, -0.05) is 39.0 Å². The van der Waals surface area contributed by atoms with E-state index >= 15 is 0 Å². The fourth-order valence-electron chi connectivity index (χ4n) is 3.87. The molecule has 2 heterocycles. The van der Waals surface area contributed by atoms with Gasteiger partial charge in [-0.05, 0) is 37.2 Å². The number of halogens is 5. The number of rotatable bonds is 5. The predicted octanol–water partition coefficient (Wildman–Crippen LogP) is 5.11. The normalized spacial score (nSPS) is 13.4. The van der Waals surface area contributed by atoms with E-state index in [1.54, 1.807) is 32.4 Å². The topological polar surface area (TPSA) is 81.2 Å². The molecule has 0 aliphatic carbocycles. The molecule has 1 aromatic carbocycles. The maximum atomic E-state index is 13.9. The number of alkyl halides is 5. The molecule has 0 amide bonds. The minimum Gasteiger partial charge on any atom is -0.347 e. The fraction of sp³-hybridized carbons (Fsp3) is 0.435. The van der Waals surface area contributed by atoms with Crippen molar-refractivity contribution < 1.29 is 30.4 Å². The summed E-state index contributed by atoms with van der Waals surface area (Å²) in [6.45, 7) is 6.57. The van der Waals surface area contributed by atoms with Crippen molar-refractivity contribution in [3.05, 3.63) is 54.0 Å². The first-order valence-electron chi connectivity index (χ1n) is 10.5.